The molecule has 2 rings (SSSR count). The van der Waals surface area contributed by atoms with Gasteiger partial charge in [0.25, 0.3) is 0 Å². The quantitative estimate of drug-likeness (QED) is 0.768. The zero-order valence-corrected chi connectivity index (χ0v) is 13.0. The number of alkyl halides is 1. The van der Waals surface area contributed by atoms with Crippen molar-refractivity contribution in [3.05, 3.63) is 0 Å². The van der Waals surface area contributed by atoms with Crippen LogP contribution in [0.4, 0.5) is 0 Å². The number of carbonyl (C=O) groups is 1. The van der Waals surface area contributed by atoms with Gasteiger partial charge in [0.1, 0.15) is 0 Å². The number of rotatable bonds is 4. The first-order chi connectivity index (χ1) is 9.13. The van der Waals surface area contributed by atoms with Crippen molar-refractivity contribution in [3.8, 4) is 0 Å². The first-order valence-electron chi connectivity index (χ1n) is 8.00. The van der Waals surface area contributed by atoms with Crippen LogP contribution in [0.3, 0.4) is 0 Å². The van der Waals surface area contributed by atoms with Crippen molar-refractivity contribution in [1.82, 2.24) is 5.32 Å². The molecule has 0 spiro atoms. The van der Waals surface area contributed by atoms with Gasteiger partial charge in [-0.2, -0.15) is 0 Å². The summed E-state index contributed by atoms with van der Waals surface area (Å²) in [5.41, 5.74) is -0.120. The third-order valence-corrected chi connectivity index (χ3v) is 5.46. The Morgan fingerprint density at radius 3 is 2.58 bits per heavy atom. The summed E-state index contributed by atoms with van der Waals surface area (Å²) in [5.74, 6) is 2.10. The lowest BCUT2D eigenvalue weighted by Gasteiger charge is -2.39. The molecule has 2 aliphatic carbocycles. The Morgan fingerprint density at radius 2 is 1.95 bits per heavy atom. The molecule has 1 N–H and O–H groups in total. The molecule has 0 aromatic carbocycles. The predicted molar refractivity (Wildman–Crippen MR) is 80.4 cm³/mol. The first kappa shape index (κ1) is 15.2. The first-order valence-corrected chi connectivity index (χ1v) is 8.54. The van der Waals surface area contributed by atoms with Crippen LogP contribution in [0.15, 0.2) is 0 Å². The second-order valence-electron chi connectivity index (χ2n) is 6.87. The standard InChI is InChI=1S/C16H28ClNO/c1-13-6-5-9-16(11-13,12-17)18-15(19)10-14-7-3-2-4-8-14/h13-14H,2-12H2,1H3,(H,18,19). The Hall–Kier alpha value is -0.240. The molecule has 2 fully saturated rings. The van der Waals surface area contributed by atoms with Gasteiger partial charge in [-0.05, 0) is 37.5 Å². The molecule has 0 aromatic heterocycles. The minimum atomic E-state index is -0.120. The van der Waals surface area contributed by atoms with Gasteiger partial charge in [-0.25, -0.2) is 0 Å². The van der Waals surface area contributed by atoms with Crippen LogP contribution in [-0.4, -0.2) is 17.3 Å². The molecule has 0 radical (unpaired) electrons. The van der Waals surface area contributed by atoms with Crippen molar-refractivity contribution >= 4 is 17.5 Å². The maximum atomic E-state index is 12.3. The van der Waals surface area contributed by atoms with Crippen molar-refractivity contribution in [1.29, 1.82) is 0 Å². The van der Waals surface area contributed by atoms with Gasteiger partial charge < -0.3 is 5.32 Å². The number of nitrogens with one attached hydrogen (secondary N) is 1. The highest BCUT2D eigenvalue weighted by Crippen LogP contribution is 2.34. The van der Waals surface area contributed by atoms with Gasteiger partial charge in [-0.3, -0.25) is 4.79 Å². The van der Waals surface area contributed by atoms with E-state index in [4.69, 9.17) is 11.6 Å². The van der Waals surface area contributed by atoms with Crippen molar-refractivity contribution in [2.45, 2.75) is 76.7 Å². The Bertz CT molecular complexity index is 301. The monoisotopic (exact) mass is 285 g/mol. The summed E-state index contributed by atoms with van der Waals surface area (Å²) in [4.78, 5) is 12.3. The molecule has 2 atom stereocenters. The molecule has 2 unspecified atom stereocenters. The largest absolute Gasteiger partial charge is 0.349 e. The zero-order valence-electron chi connectivity index (χ0n) is 12.2. The zero-order chi connectivity index (χ0) is 13.7. The molecule has 0 aliphatic heterocycles. The normalized spacial score (nSPS) is 33.1. The van der Waals surface area contributed by atoms with Crippen LogP contribution in [0, 0.1) is 11.8 Å². The minimum Gasteiger partial charge on any atom is -0.349 e. The molecule has 1 amide bonds. The molecular formula is C16H28ClNO. The minimum absolute atomic E-state index is 0.120. The van der Waals surface area contributed by atoms with Crippen LogP contribution < -0.4 is 5.32 Å². The SMILES string of the molecule is CC1CCCC(CCl)(NC(=O)CC2CCCCC2)C1. The van der Waals surface area contributed by atoms with E-state index in [9.17, 15) is 4.79 Å². The summed E-state index contributed by atoms with van der Waals surface area (Å²) in [5, 5.41) is 3.29. The van der Waals surface area contributed by atoms with E-state index < -0.39 is 0 Å². The van der Waals surface area contributed by atoms with Crippen LogP contribution in [0.2, 0.25) is 0 Å². The average Bonchev–Trinajstić information content (AvgIpc) is 2.39. The van der Waals surface area contributed by atoms with Crippen LogP contribution in [0.25, 0.3) is 0 Å². The molecule has 0 heterocycles. The van der Waals surface area contributed by atoms with E-state index in [1.807, 2.05) is 0 Å². The highest BCUT2D eigenvalue weighted by Gasteiger charge is 2.35. The van der Waals surface area contributed by atoms with Gasteiger partial charge >= 0.3 is 0 Å². The maximum Gasteiger partial charge on any atom is 0.220 e. The smallest absolute Gasteiger partial charge is 0.220 e. The van der Waals surface area contributed by atoms with E-state index in [1.165, 1.54) is 44.9 Å². The molecule has 3 heteroatoms. The summed E-state index contributed by atoms with van der Waals surface area (Å²) in [6, 6.07) is 0. The topological polar surface area (TPSA) is 29.1 Å². The van der Waals surface area contributed by atoms with Crippen LogP contribution >= 0.6 is 11.6 Å². The maximum absolute atomic E-state index is 12.3. The highest BCUT2D eigenvalue weighted by atomic mass is 35.5. The van der Waals surface area contributed by atoms with E-state index in [-0.39, 0.29) is 11.4 Å². The Balaban J connectivity index is 1.84. The number of carbonyl (C=O) groups excluding carboxylic acids is 1. The molecule has 0 aromatic rings. The summed E-state index contributed by atoms with van der Waals surface area (Å²) in [6.07, 6.45) is 11.7. The van der Waals surface area contributed by atoms with Crippen molar-refractivity contribution < 1.29 is 4.79 Å². The van der Waals surface area contributed by atoms with Gasteiger partial charge in [0.2, 0.25) is 5.91 Å². The van der Waals surface area contributed by atoms with E-state index >= 15 is 0 Å². The lowest BCUT2D eigenvalue weighted by molar-refractivity contribution is -0.124. The third kappa shape index (κ3) is 4.37. The third-order valence-electron chi connectivity index (χ3n) is 4.95. The Kier molecular flexibility index (Phi) is 5.56. The summed E-state index contributed by atoms with van der Waals surface area (Å²) in [6.45, 7) is 2.27. The van der Waals surface area contributed by atoms with E-state index in [0.717, 1.165) is 12.8 Å². The van der Waals surface area contributed by atoms with E-state index in [1.54, 1.807) is 0 Å². The van der Waals surface area contributed by atoms with Crippen LogP contribution in [-0.2, 0) is 4.79 Å². The van der Waals surface area contributed by atoms with Gasteiger partial charge in [-0.15, -0.1) is 11.6 Å². The molecule has 2 nitrogen and oxygen atoms in total. The average molecular weight is 286 g/mol. The molecule has 110 valence electrons. The lowest BCUT2D eigenvalue weighted by atomic mass is 9.77. The lowest BCUT2D eigenvalue weighted by Crippen LogP contribution is -2.53. The molecular weight excluding hydrogens is 258 g/mol. The summed E-state index contributed by atoms with van der Waals surface area (Å²) < 4.78 is 0. The van der Waals surface area contributed by atoms with Gasteiger partial charge in [0, 0.05) is 12.3 Å². The fourth-order valence-corrected chi connectivity index (χ4v) is 4.24. The second-order valence-corrected chi connectivity index (χ2v) is 7.14. The molecule has 19 heavy (non-hydrogen) atoms. The summed E-state index contributed by atoms with van der Waals surface area (Å²) >= 11 is 6.17. The molecule has 0 saturated heterocycles. The van der Waals surface area contributed by atoms with Crippen LogP contribution in [0.1, 0.15) is 71.1 Å². The van der Waals surface area contributed by atoms with E-state index in [2.05, 4.69) is 12.2 Å². The number of halogens is 1. The van der Waals surface area contributed by atoms with Crippen molar-refractivity contribution in [2.24, 2.45) is 11.8 Å². The van der Waals surface area contributed by atoms with Crippen molar-refractivity contribution in [3.63, 3.8) is 0 Å². The number of hydrogen-bond acceptors (Lipinski definition) is 1. The Labute approximate surface area is 122 Å². The molecule has 0 bridgehead atoms. The highest BCUT2D eigenvalue weighted by molar-refractivity contribution is 6.18. The fraction of sp³-hybridized carbons (Fsp3) is 0.938. The van der Waals surface area contributed by atoms with Crippen molar-refractivity contribution in [2.75, 3.05) is 5.88 Å². The number of amides is 1. The molecule has 2 aliphatic rings. The van der Waals surface area contributed by atoms with Gasteiger partial charge in [-0.1, -0.05) is 39.0 Å². The second kappa shape index (κ2) is 6.97. The Morgan fingerprint density at radius 1 is 1.21 bits per heavy atom. The number of hydrogen-bond donors (Lipinski definition) is 1. The van der Waals surface area contributed by atoms with Gasteiger partial charge in [0.05, 0.1) is 5.54 Å². The van der Waals surface area contributed by atoms with Crippen LogP contribution in [0.5, 0.6) is 0 Å². The predicted octanol–water partition coefficient (Wildman–Crippen LogP) is 4.26. The fourth-order valence-electron chi connectivity index (χ4n) is 3.93. The summed E-state index contributed by atoms with van der Waals surface area (Å²) in [7, 11) is 0. The van der Waals surface area contributed by atoms with E-state index in [0.29, 0.717) is 24.1 Å². The molecule has 2 saturated carbocycles. The van der Waals surface area contributed by atoms with Gasteiger partial charge in [0.15, 0.2) is 0 Å².